The van der Waals surface area contributed by atoms with Crippen LogP contribution in [0.4, 0.5) is 10.1 Å². The Hall–Kier alpha value is -4.73. The highest BCUT2D eigenvalue weighted by atomic mass is 19.1. The van der Waals surface area contributed by atoms with Crippen molar-refractivity contribution in [3.63, 3.8) is 0 Å². The topological polar surface area (TPSA) is 135 Å². The molecule has 0 amide bonds. The number of hydrogen-bond donors (Lipinski definition) is 3. The molecule has 0 atom stereocenters. The van der Waals surface area contributed by atoms with Crippen molar-refractivity contribution < 1.29 is 4.39 Å². The SMILES string of the molecule is Nc1cncc(-c2ncc3[nH]nc(-c4nc5c(-c6ccccn6)nccc5[nH]4)c3c2F)c1. The molecule has 0 saturated carbocycles. The first-order valence-corrected chi connectivity index (χ1v) is 9.69. The first kappa shape index (κ1) is 18.1. The maximum absolute atomic E-state index is 15.6. The molecule has 9 nitrogen and oxygen atoms in total. The summed E-state index contributed by atoms with van der Waals surface area (Å²) in [5.74, 6) is -0.139. The van der Waals surface area contributed by atoms with E-state index >= 15 is 4.39 Å². The lowest BCUT2D eigenvalue weighted by Crippen LogP contribution is -1.94. The van der Waals surface area contributed by atoms with Gasteiger partial charge in [0, 0.05) is 30.4 Å². The highest BCUT2D eigenvalue weighted by Crippen LogP contribution is 2.33. The molecule has 0 aliphatic rings. The molecule has 6 aromatic rings. The number of fused-ring (bicyclic) bond motifs is 2. The number of anilines is 1. The molecule has 6 aromatic heterocycles. The highest BCUT2D eigenvalue weighted by Gasteiger charge is 2.21. The van der Waals surface area contributed by atoms with Gasteiger partial charge in [0.2, 0.25) is 0 Å². The van der Waals surface area contributed by atoms with Gasteiger partial charge in [0.05, 0.1) is 34.0 Å². The van der Waals surface area contributed by atoms with Crippen molar-refractivity contribution in [1.82, 2.24) is 40.1 Å². The number of nitrogens with zero attached hydrogens (tertiary/aromatic N) is 6. The van der Waals surface area contributed by atoms with Crippen molar-refractivity contribution >= 4 is 27.6 Å². The number of hydrogen-bond acceptors (Lipinski definition) is 7. The molecule has 0 bridgehead atoms. The van der Waals surface area contributed by atoms with Crippen LogP contribution in [0.15, 0.2) is 61.3 Å². The van der Waals surface area contributed by atoms with Crippen LogP contribution in [0.25, 0.3) is 56.1 Å². The normalized spacial score (nSPS) is 11.4. The molecular weight excluding hydrogens is 409 g/mol. The number of aromatic amines is 2. The molecule has 0 fully saturated rings. The number of rotatable bonds is 3. The second-order valence-electron chi connectivity index (χ2n) is 7.14. The van der Waals surface area contributed by atoms with E-state index < -0.39 is 5.82 Å². The number of aromatic nitrogens is 8. The molecule has 0 radical (unpaired) electrons. The van der Waals surface area contributed by atoms with Crippen molar-refractivity contribution in [3.8, 4) is 34.2 Å². The van der Waals surface area contributed by atoms with Crippen LogP contribution in [0.2, 0.25) is 0 Å². The highest BCUT2D eigenvalue weighted by molar-refractivity contribution is 5.97. The van der Waals surface area contributed by atoms with Crippen LogP contribution in [0.5, 0.6) is 0 Å². The van der Waals surface area contributed by atoms with Crippen molar-refractivity contribution in [2.75, 3.05) is 5.73 Å². The molecule has 154 valence electrons. The Balaban J connectivity index is 1.55. The fourth-order valence-corrected chi connectivity index (χ4v) is 3.67. The molecule has 0 spiro atoms. The lowest BCUT2D eigenvalue weighted by atomic mass is 10.1. The van der Waals surface area contributed by atoms with Crippen molar-refractivity contribution in [2.45, 2.75) is 0 Å². The molecule has 10 heteroatoms. The van der Waals surface area contributed by atoms with Crippen LogP contribution in [0.3, 0.4) is 0 Å². The first-order valence-electron chi connectivity index (χ1n) is 9.69. The van der Waals surface area contributed by atoms with Crippen molar-refractivity contribution in [1.29, 1.82) is 0 Å². The van der Waals surface area contributed by atoms with E-state index in [0.717, 1.165) is 5.52 Å². The van der Waals surface area contributed by atoms with Crippen LogP contribution < -0.4 is 5.73 Å². The number of nitrogen functional groups attached to an aromatic ring is 1. The van der Waals surface area contributed by atoms with Crippen LogP contribution in [-0.2, 0) is 0 Å². The van der Waals surface area contributed by atoms with E-state index in [2.05, 4.69) is 40.1 Å². The fraction of sp³-hybridized carbons (Fsp3) is 0. The summed E-state index contributed by atoms with van der Waals surface area (Å²) in [4.78, 5) is 25.0. The van der Waals surface area contributed by atoms with Crippen molar-refractivity contribution in [3.05, 3.63) is 67.1 Å². The van der Waals surface area contributed by atoms with Gasteiger partial charge in [-0.15, -0.1) is 0 Å². The van der Waals surface area contributed by atoms with Crippen molar-refractivity contribution in [2.24, 2.45) is 0 Å². The zero-order chi connectivity index (χ0) is 21.7. The summed E-state index contributed by atoms with van der Waals surface area (Å²) in [5, 5.41) is 7.40. The van der Waals surface area contributed by atoms with Crippen LogP contribution in [0.1, 0.15) is 0 Å². The van der Waals surface area contributed by atoms with Gasteiger partial charge in [0.1, 0.15) is 22.6 Å². The van der Waals surface area contributed by atoms with Crippen LogP contribution in [-0.4, -0.2) is 40.1 Å². The molecule has 6 rings (SSSR count). The van der Waals surface area contributed by atoms with Crippen LogP contribution in [0, 0.1) is 5.82 Å². The Bertz CT molecular complexity index is 1600. The third kappa shape index (κ3) is 2.77. The number of nitrogens with one attached hydrogen (secondary N) is 2. The Kier molecular flexibility index (Phi) is 3.90. The summed E-state index contributed by atoms with van der Waals surface area (Å²) in [6, 6.07) is 8.99. The zero-order valence-corrected chi connectivity index (χ0v) is 16.4. The van der Waals surface area contributed by atoms with Gasteiger partial charge in [-0.3, -0.25) is 25.0 Å². The summed E-state index contributed by atoms with van der Waals surface area (Å²) >= 11 is 0. The predicted molar refractivity (Wildman–Crippen MR) is 118 cm³/mol. The Morgan fingerprint density at radius 3 is 2.66 bits per heavy atom. The molecular formula is C22H14FN9. The lowest BCUT2D eigenvalue weighted by molar-refractivity contribution is 0.638. The second kappa shape index (κ2) is 6.91. The summed E-state index contributed by atoms with van der Waals surface area (Å²) < 4.78 is 15.6. The largest absolute Gasteiger partial charge is 0.397 e. The minimum atomic E-state index is -0.540. The van der Waals surface area contributed by atoms with E-state index in [1.165, 1.54) is 18.6 Å². The summed E-state index contributed by atoms with van der Waals surface area (Å²) in [6.07, 6.45) is 7.90. The average Bonchev–Trinajstić information content (AvgIpc) is 3.44. The number of halogens is 1. The van der Waals surface area contributed by atoms with Gasteiger partial charge in [-0.25, -0.2) is 9.37 Å². The summed E-state index contributed by atoms with van der Waals surface area (Å²) in [6.45, 7) is 0. The van der Waals surface area contributed by atoms with Gasteiger partial charge >= 0.3 is 0 Å². The molecule has 6 heterocycles. The predicted octanol–water partition coefficient (Wildman–Crippen LogP) is 3.74. The smallest absolute Gasteiger partial charge is 0.161 e. The standard InChI is InChI=1S/C22H14FN9/c23-17-16-15(10-28-18(17)11-7-12(24)9-25-8-11)31-32-21(16)22-29-14-4-6-27-19(20(14)30-22)13-3-1-2-5-26-13/h1-10H,24H2,(H,29,30)(H,31,32). The number of imidazole rings is 1. The fourth-order valence-electron chi connectivity index (χ4n) is 3.67. The summed E-state index contributed by atoms with van der Waals surface area (Å²) in [7, 11) is 0. The van der Waals surface area contributed by atoms with Gasteiger partial charge < -0.3 is 10.7 Å². The molecule has 0 saturated heterocycles. The molecule has 0 aliphatic heterocycles. The Morgan fingerprint density at radius 2 is 1.81 bits per heavy atom. The molecule has 32 heavy (non-hydrogen) atoms. The maximum atomic E-state index is 15.6. The average molecular weight is 423 g/mol. The van der Waals surface area contributed by atoms with Gasteiger partial charge in [-0.2, -0.15) is 5.10 Å². The molecule has 0 aromatic carbocycles. The zero-order valence-electron chi connectivity index (χ0n) is 16.4. The summed E-state index contributed by atoms with van der Waals surface area (Å²) in [5.41, 5.74) is 10.3. The third-order valence-electron chi connectivity index (χ3n) is 5.11. The van der Waals surface area contributed by atoms with Gasteiger partial charge in [-0.05, 0) is 24.3 Å². The van der Waals surface area contributed by atoms with Gasteiger partial charge in [0.15, 0.2) is 11.6 Å². The van der Waals surface area contributed by atoms with E-state index in [0.29, 0.717) is 45.2 Å². The molecule has 0 aliphatic carbocycles. The minimum absolute atomic E-state index is 0.131. The van der Waals surface area contributed by atoms with E-state index in [4.69, 9.17) is 5.73 Å². The van der Waals surface area contributed by atoms with Crippen LogP contribution >= 0.6 is 0 Å². The van der Waals surface area contributed by atoms with E-state index in [1.807, 2.05) is 18.2 Å². The quantitative estimate of drug-likeness (QED) is 0.394. The Morgan fingerprint density at radius 1 is 0.875 bits per heavy atom. The number of nitrogens with two attached hydrogens (primary N) is 1. The van der Waals surface area contributed by atoms with E-state index in [-0.39, 0.29) is 11.1 Å². The Labute approximate surface area is 179 Å². The number of pyridine rings is 4. The van der Waals surface area contributed by atoms with Gasteiger partial charge in [0.25, 0.3) is 0 Å². The van der Waals surface area contributed by atoms with E-state index in [9.17, 15) is 0 Å². The first-order chi connectivity index (χ1) is 15.7. The van der Waals surface area contributed by atoms with Gasteiger partial charge in [-0.1, -0.05) is 6.07 Å². The molecule has 0 unspecified atom stereocenters. The maximum Gasteiger partial charge on any atom is 0.161 e. The minimum Gasteiger partial charge on any atom is -0.397 e. The number of H-pyrrole nitrogens is 2. The van der Waals surface area contributed by atoms with E-state index in [1.54, 1.807) is 24.5 Å². The second-order valence-corrected chi connectivity index (χ2v) is 7.14. The lowest BCUT2D eigenvalue weighted by Gasteiger charge is -2.04. The third-order valence-corrected chi connectivity index (χ3v) is 5.11. The molecule has 4 N–H and O–H groups in total. The monoisotopic (exact) mass is 423 g/mol.